The third kappa shape index (κ3) is 5.13. The van der Waals surface area contributed by atoms with Crippen LogP contribution < -0.4 is 16.8 Å². The number of amides is 2. The minimum Gasteiger partial charge on any atom is -0.399 e. The zero-order valence-corrected chi connectivity index (χ0v) is 21.1. The van der Waals surface area contributed by atoms with Gasteiger partial charge in [-0.25, -0.2) is 4.98 Å². The van der Waals surface area contributed by atoms with Crippen LogP contribution in [0, 0.1) is 11.8 Å². The molecule has 0 unspecified atom stereocenters. The fraction of sp³-hybridized carbons (Fsp3) is 0.207. The number of likely N-dealkylation sites (tertiary alicyclic amines) is 1. The van der Waals surface area contributed by atoms with Crippen molar-refractivity contribution in [3.8, 4) is 23.0 Å². The molecule has 1 saturated heterocycles. The van der Waals surface area contributed by atoms with Crippen LogP contribution in [0.4, 0.5) is 11.5 Å². The standard InChI is InChI=1S/C29H27N5O2S/c30-21-12-10-19(11-13-21)24-18-37-26-20(17-33-27(31)25(24)26)7-6-14-32-28(35)22-8-2-3-9-23(22)29(36)34-15-4-1-5-16-34/h2-3,8-13,17-18H,1,4-5,14-16,30H2,(H2,31,33)(H,32,35). The first kappa shape index (κ1) is 24.3. The summed E-state index contributed by atoms with van der Waals surface area (Å²) in [6.45, 7) is 1.59. The highest BCUT2D eigenvalue weighted by molar-refractivity contribution is 7.18. The fourth-order valence-electron chi connectivity index (χ4n) is 4.53. The summed E-state index contributed by atoms with van der Waals surface area (Å²) in [6.07, 6.45) is 4.78. The predicted octanol–water partition coefficient (Wildman–Crippen LogP) is 4.54. The third-order valence-corrected chi connectivity index (χ3v) is 7.47. The molecule has 0 spiro atoms. The SMILES string of the molecule is Nc1ccc(-c2csc3c(C#CCNC(=O)c4ccccc4C(=O)N4CCCCC4)cnc(N)c23)cc1. The van der Waals surface area contributed by atoms with Gasteiger partial charge in [0.05, 0.1) is 27.9 Å². The second-order valence-electron chi connectivity index (χ2n) is 8.92. The maximum Gasteiger partial charge on any atom is 0.254 e. The van der Waals surface area contributed by atoms with Crippen LogP contribution in [0.5, 0.6) is 0 Å². The van der Waals surface area contributed by atoms with Crippen molar-refractivity contribution >= 4 is 44.7 Å². The lowest BCUT2D eigenvalue weighted by molar-refractivity contribution is 0.0718. The van der Waals surface area contributed by atoms with Crippen molar-refractivity contribution < 1.29 is 9.59 Å². The number of anilines is 2. The molecule has 0 radical (unpaired) electrons. The molecule has 5 rings (SSSR count). The fourth-order valence-corrected chi connectivity index (χ4v) is 5.58. The molecule has 7 nitrogen and oxygen atoms in total. The van der Waals surface area contributed by atoms with Crippen molar-refractivity contribution in [1.29, 1.82) is 0 Å². The highest BCUT2D eigenvalue weighted by atomic mass is 32.1. The van der Waals surface area contributed by atoms with Gasteiger partial charge in [0.2, 0.25) is 0 Å². The number of carbonyl (C=O) groups excluding carboxylic acids is 2. The Morgan fingerprint density at radius 1 is 1.00 bits per heavy atom. The third-order valence-electron chi connectivity index (χ3n) is 6.45. The summed E-state index contributed by atoms with van der Waals surface area (Å²) < 4.78 is 0.940. The highest BCUT2D eigenvalue weighted by Gasteiger charge is 2.22. The predicted molar refractivity (Wildman–Crippen MR) is 149 cm³/mol. The molecule has 2 amide bonds. The largest absolute Gasteiger partial charge is 0.399 e. The molecule has 1 fully saturated rings. The molecular weight excluding hydrogens is 482 g/mol. The zero-order valence-electron chi connectivity index (χ0n) is 20.3. The van der Waals surface area contributed by atoms with Crippen molar-refractivity contribution in [3.63, 3.8) is 0 Å². The van der Waals surface area contributed by atoms with E-state index in [1.807, 2.05) is 34.5 Å². The number of nitrogens with zero attached hydrogens (tertiary/aromatic N) is 2. The second kappa shape index (κ2) is 10.7. The van der Waals surface area contributed by atoms with Crippen molar-refractivity contribution in [1.82, 2.24) is 15.2 Å². The number of benzene rings is 2. The van der Waals surface area contributed by atoms with Crippen molar-refractivity contribution in [2.75, 3.05) is 31.1 Å². The van der Waals surface area contributed by atoms with E-state index in [0.717, 1.165) is 59.1 Å². The number of nitrogens with one attached hydrogen (secondary N) is 1. The molecule has 3 heterocycles. The highest BCUT2D eigenvalue weighted by Crippen LogP contribution is 2.38. The Labute approximate surface area is 219 Å². The van der Waals surface area contributed by atoms with E-state index in [9.17, 15) is 9.59 Å². The topological polar surface area (TPSA) is 114 Å². The van der Waals surface area contributed by atoms with E-state index in [-0.39, 0.29) is 18.4 Å². The average Bonchev–Trinajstić information content (AvgIpc) is 3.39. The molecule has 2 aromatic heterocycles. The summed E-state index contributed by atoms with van der Waals surface area (Å²) in [6, 6.07) is 14.6. The van der Waals surface area contributed by atoms with E-state index < -0.39 is 0 Å². The van der Waals surface area contributed by atoms with Crippen molar-refractivity contribution in [3.05, 3.63) is 76.8 Å². The number of fused-ring (bicyclic) bond motifs is 1. The monoisotopic (exact) mass is 509 g/mol. The summed E-state index contributed by atoms with van der Waals surface area (Å²) in [5.74, 6) is 6.16. The van der Waals surface area contributed by atoms with E-state index in [1.54, 1.807) is 41.8 Å². The number of nitrogens with two attached hydrogens (primary N) is 2. The van der Waals surface area contributed by atoms with Gasteiger partial charge in [-0.15, -0.1) is 11.3 Å². The van der Waals surface area contributed by atoms with Gasteiger partial charge < -0.3 is 21.7 Å². The molecule has 1 aliphatic rings. The van der Waals surface area contributed by atoms with Crippen LogP contribution in [0.2, 0.25) is 0 Å². The lowest BCUT2D eigenvalue weighted by atomic mass is 10.0. The summed E-state index contributed by atoms with van der Waals surface area (Å²) in [5.41, 5.74) is 16.3. The molecule has 186 valence electrons. The molecule has 0 aliphatic carbocycles. The van der Waals surface area contributed by atoms with Crippen LogP contribution in [-0.4, -0.2) is 41.3 Å². The number of hydrogen-bond acceptors (Lipinski definition) is 6. The average molecular weight is 510 g/mol. The number of aromatic nitrogens is 1. The van der Waals surface area contributed by atoms with E-state index in [1.165, 1.54) is 0 Å². The molecule has 0 atom stereocenters. The number of carbonyl (C=O) groups is 2. The summed E-state index contributed by atoms with van der Waals surface area (Å²) in [5, 5.41) is 5.72. The Morgan fingerprint density at radius 2 is 1.73 bits per heavy atom. The molecule has 8 heteroatoms. The molecule has 0 bridgehead atoms. The van der Waals surface area contributed by atoms with Gasteiger partial charge in [-0.2, -0.15) is 0 Å². The lowest BCUT2D eigenvalue weighted by Gasteiger charge is -2.27. The van der Waals surface area contributed by atoms with Crippen LogP contribution in [0.15, 0.2) is 60.1 Å². The van der Waals surface area contributed by atoms with Crippen LogP contribution >= 0.6 is 11.3 Å². The van der Waals surface area contributed by atoms with Crippen LogP contribution in [0.1, 0.15) is 45.5 Å². The summed E-state index contributed by atoms with van der Waals surface area (Å²) in [7, 11) is 0. The molecule has 1 aliphatic heterocycles. The van der Waals surface area contributed by atoms with Gasteiger partial charge in [0, 0.05) is 35.9 Å². The number of pyridine rings is 1. The lowest BCUT2D eigenvalue weighted by Crippen LogP contribution is -2.37. The first-order chi connectivity index (χ1) is 18.0. The van der Waals surface area contributed by atoms with Gasteiger partial charge in [0.25, 0.3) is 11.8 Å². The Kier molecular flexibility index (Phi) is 7.06. The number of thiophene rings is 1. The van der Waals surface area contributed by atoms with Crippen LogP contribution in [-0.2, 0) is 0 Å². The smallest absolute Gasteiger partial charge is 0.254 e. The number of rotatable bonds is 4. The molecule has 37 heavy (non-hydrogen) atoms. The quantitative estimate of drug-likeness (QED) is 0.276. The second-order valence-corrected chi connectivity index (χ2v) is 9.80. The first-order valence-electron chi connectivity index (χ1n) is 12.2. The molecule has 0 saturated carbocycles. The molecular formula is C29H27N5O2S. The Balaban J connectivity index is 1.32. The summed E-state index contributed by atoms with van der Waals surface area (Å²) in [4.78, 5) is 32.1. The minimum absolute atomic E-state index is 0.0959. The van der Waals surface area contributed by atoms with Gasteiger partial charge in [0.1, 0.15) is 5.82 Å². The Morgan fingerprint density at radius 3 is 2.49 bits per heavy atom. The Bertz CT molecular complexity index is 1530. The number of hydrogen-bond donors (Lipinski definition) is 3. The zero-order chi connectivity index (χ0) is 25.8. The van der Waals surface area contributed by atoms with Gasteiger partial charge in [0.15, 0.2) is 0 Å². The van der Waals surface area contributed by atoms with E-state index in [4.69, 9.17) is 11.5 Å². The normalized spacial score (nSPS) is 13.1. The van der Waals surface area contributed by atoms with Gasteiger partial charge >= 0.3 is 0 Å². The van der Waals surface area contributed by atoms with Crippen LogP contribution in [0.25, 0.3) is 21.2 Å². The number of nitrogen functional groups attached to an aromatic ring is 2. The van der Waals surface area contributed by atoms with E-state index in [2.05, 4.69) is 22.1 Å². The number of piperidine rings is 1. The molecule has 4 aromatic rings. The van der Waals surface area contributed by atoms with Gasteiger partial charge in [-0.1, -0.05) is 36.1 Å². The van der Waals surface area contributed by atoms with E-state index >= 15 is 0 Å². The van der Waals surface area contributed by atoms with Gasteiger partial charge in [-0.05, 0) is 54.5 Å². The maximum absolute atomic E-state index is 13.0. The Hall–Kier alpha value is -4.35. The summed E-state index contributed by atoms with van der Waals surface area (Å²) >= 11 is 1.55. The van der Waals surface area contributed by atoms with Crippen LogP contribution in [0.3, 0.4) is 0 Å². The van der Waals surface area contributed by atoms with Crippen molar-refractivity contribution in [2.45, 2.75) is 19.3 Å². The minimum atomic E-state index is -0.322. The molecule has 2 aromatic carbocycles. The first-order valence-corrected chi connectivity index (χ1v) is 13.1. The van der Waals surface area contributed by atoms with Gasteiger partial charge in [-0.3, -0.25) is 9.59 Å². The maximum atomic E-state index is 13.0. The van der Waals surface area contributed by atoms with E-state index in [0.29, 0.717) is 22.6 Å². The molecule has 5 N–H and O–H groups in total. The van der Waals surface area contributed by atoms with Crippen molar-refractivity contribution in [2.24, 2.45) is 0 Å².